The number of hydrogen-bond donors (Lipinski definition) is 0. The van der Waals surface area contributed by atoms with E-state index >= 15 is 0 Å². The molecular weight excluding hydrogens is 216 g/mol. The molecule has 1 heterocycles. The molecule has 0 saturated carbocycles. The fraction of sp³-hybridized carbons (Fsp3) is 0.800. The van der Waals surface area contributed by atoms with E-state index in [2.05, 4.69) is 4.74 Å². The van der Waals surface area contributed by atoms with Gasteiger partial charge >= 0.3 is 11.9 Å². The number of hydrogen-bond acceptors (Lipinski definition) is 4. The molecule has 0 aliphatic carbocycles. The van der Waals surface area contributed by atoms with Crippen molar-refractivity contribution in [3.8, 4) is 0 Å². The molecule has 1 saturated heterocycles. The summed E-state index contributed by atoms with van der Waals surface area (Å²) in [5.41, 5.74) is 0. The van der Waals surface area contributed by atoms with Crippen LogP contribution in [0.2, 0.25) is 0 Å². The lowest BCUT2D eigenvalue weighted by Gasteiger charge is -2.03. The number of carbonyl (C=O) groups is 2. The van der Waals surface area contributed by atoms with E-state index in [9.17, 15) is 9.59 Å². The molecule has 5 heteroatoms. The van der Waals surface area contributed by atoms with Gasteiger partial charge in [0.05, 0.1) is 13.5 Å². The van der Waals surface area contributed by atoms with Crippen LogP contribution in [0.1, 0.15) is 19.3 Å². The molecule has 1 aliphatic heterocycles. The number of carbonyl (C=O) groups excluding carboxylic acids is 2. The Bertz CT molecular complexity index is 223. The van der Waals surface area contributed by atoms with Crippen LogP contribution >= 0.6 is 0 Å². The van der Waals surface area contributed by atoms with Crippen molar-refractivity contribution < 1.29 is 19.1 Å². The minimum atomic E-state index is -0.342. The lowest BCUT2D eigenvalue weighted by molar-refractivity contribution is -0.146. The molecule has 0 N–H and O–H groups in total. The third-order valence-corrected chi connectivity index (χ3v) is 4.61. The quantitative estimate of drug-likeness (QED) is 0.513. The smallest absolute Gasteiger partial charge is 0.356 e. The summed E-state index contributed by atoms with van der Waals surface area (Å²) in [7, 11) is 1.56. The monoisotopic (exact) mass is 233 g/mol. The minimum Gasteiger partial charge on any atom is -0.469 e. The van der Waals surface area contributed by atoms with E-state index in [0.717, 1.165) is 11.5 Å². The Morgan fingerprint density at radius 2 is 1.87 bits per heavy atom. The van der Waals surface area contributed by atoms with E-state index in [1.165, 1.54) is 20.0 Å². The molecular formula is C10H17O4S+. The van der Waals surface area contributed by atoms with Crippen LogP contribution in [-0.2, 0) is 30.0 Å². The number of esters is 2. The van der Waals surface area contributed by atoms with Crippen molar-refractivity contribution in [2.45, 2.75) is 19.3 Å². The molecule has 0 aromatic carbocycles. The van der Waals surface area contributed by atoms with Crippen molar-refractivity contribution >= 4 is 22.8 Å². The molecule has 0 unspecified atom stereocenters. The van der Waals surface area contributed by atoms with E-state index in [4.69, 9.17) is 4.74 Å². The summed E-state index contributed by atoms with van der Waals surface area (Å²) in [4.78, 5) is 22.0. The maximum atomic E-state index is 11.3. The predicted octanol–water partition coefficient (Wildman–Crippen LogP) is 0.505. The van der Waals surface area contributed by atoms with Gasteiger partial charge in [-0.25, -0.2) is 4.79 Å². The maximum absolute atomic E-state index is 11.3. The molecule has 0 bridgehead atoms. The fourth-order valence-electron chi connectivity index (χ4n) is 1.42. The highest BCUT2D eigenvalue weighted by Crippen LogP contribution is 2.13. The van der Waals surface area contributed by atoms with Gasteiger partial charge in [0.25, 0.3) is 0 Å². The third kappa shape index (κ3) is 5.06. The van der Waals surface area contributed by atoms with E-state index in [1.807, 2.05) is 0 Å². The molecule has 0 amide bonds. The van der Waals surface area contributed by atoms with E-state index in [-0.39, 0.29) is 35.9 Å². The van der Waals surface area contributed by atoms with Gasteiger partial charge in [0.2, 0.25) is 5.75 Å². The highest BCUT2D eigenvalue weighted by Gasteiger charge is 2.27. The lowest BCUT2D eigenvalue weighted by Crippen LogP contribution is -2.21. The van der Waals surface area contributed by atoms with Crippen molar-refractivity contribution in [1.29, 1.82) is 0 Å². The number of methoxy groups -OCH3 is 1. The van der Waals surface area contributed by atoms with Crippen LogP contribution in [0.15, 0.2) is 0 Å². The van der Waals surface area contributed by atoms with Gasteiger partial charge in [0.1, 0.15) is 18.1 Å². The maximum Gasteiger partial charge on any atom is 0.356 e. The Morgan fingerprint density at radius 3 is 2.47 bits per heavy atom. The molecule has 0 aromatic heterocycles. The van der Waals surface area contributed by atoms with Crippen molar-refractivity contribution in [3.63, 3.8) is 0 Å². The molecule has 0 atom stereocenters. The van der Waals surface area contributed by atoms with Gasteiger partial charge in [-0.3, -0.25) is 4.79 Å². The van der Waals surface area contributed by atoms with E-state index in [0.29, 0.717) is 5.75 Å². The number of rotatable bonds is 5. The van der Waals surface area contributed by atoms with Gasteiger partial charge in [0, 0.05) is 0 Å². The van der Waals surface area contributed by atoms with E-state index < -0.39 is 0 Å². The molecule has 15 heavy (non-hydrogen) atoms. The first-order valence-electron chi connectivity index (χ1n) is 5.09. The van der Waals surface area contributed by atoms with Gasteiger partial charge in [-0.05, 0) is 23.7 Å². The summed E-state index contributed by atoms with van der Waals surface area (Å²) in [5, 5.41) is 0. The van der Waals surface area contributed by atoms with Crippen LogP contribution in [0, 0.1) is 0 Å². The molecule has 1 aliphatic rings. The average molecular weight is 233 g/mol. The van der Waals surface area contributed by atoms with Crippen LogP contribution in [-0.4, -0.2) is 42.9 Å². The summed E-state index contributed by atoms with van der Waals surface area (Å²) in [5.74, 6) is 2.33. The van der Waals surface area contributed by atoms with Gasteiger partial charge in [-0.1, -0.05) is 0 Å². The summed E-state index contributed by atoms with van der Waals surface area (Å²) >= 11 is 0. The van der Waals surface area contributed by atoms with Crippen LogP contribution < -0.4 is 0 Å². The summed E-state index contributed by atoms with van der Waals surface area (Å²) in [6.07, 6.45) is 2.62. The lowest BCUT2D eigenvalue weighted by atomic mass is 10.4. The fourth-order valence-corrected chi connectivity index (χ4v) is 3.55. The molecule has 0 radical (unpaired) electrons. The second-order valence-electron chi connectivity index (χ2n) is 3.42. The highest BCUT2D eigenvalue weighted by molar-refractivity contribution is 7.97. The largest absolute Gasteiger partial charge is 0.469 e. The summed E-state index contributed by atoms with van der Waals surface area (Å²) in [6, 6.07) is 0. The molecule has 1 fully saturated rings. The van der Waals surface area contributed by atoms with Crippen LogP contribution in [0.5, 0.6) is 0 Å². The summed E-state index contributed by atoms with van der Waals surface area (Å²) < 4.78 is 9.38. The van der Waals surface area contributed by atoms with Crippen molar-refractivity contribution in [3.05, 3.63) is 0 Å². The standard InChI is InChI=1S/C10H17O4S/c1-13-9(11)4-5-14-10(12)8-15-6-2-3-7-15/h2-8H2,1H3/q+1. The Hall–Kier alpha value is -0.710. The first kappa shape index (κ1) is 12.4. The molecule has 1 rings (SSSR count). The summed E-state index contributed by atoms with van der Waals surface area (Å²) in [6.45, 7) is 0.142. The van der Waals surface area contributed by atoms with Crippen LogP contribution in [0.4, 0.5) is 0 Å². The zero-order valence-electron chi connectivity index (χ0n) is 8.99. The molecule has 0 spiro atoms. The highest BCUT2D eigenvalue weighted by atomic mass is 32.2. The number of ether oxygens (including phenoxy) is 2. The van der Waals surface area contributed by atoms with Gasteiger partial charge in [-0.2, -0.15) is 0 Å². The molecule has 0 aromatic rings. The SMILES string of the molecule is COC(=O)CCOC(=O)C[S+]1CCCC1. The van der Waals surface area contributed by atoms with Gasteiger partial charge in [0.15, 0.2) is 0 Å². The van der Waals surface area contributed by atoms with Crippen molar-refractivity contribution in [2.24, 2.45) is 0 Å². The zero-order valence-corrected chi connectivity index (χ0v) is 9.81. The molecule has 4 nitrogen and oxygen atoms in total. The molecule has 86 valence electrons. The average Bonchev–Trinajstić information content (AvgIpc) is 2.70. The Balaban J connectivity index is 2.05. The van der Waals surface area contributed by atoms with Crippen molar-refractivity contribution in [1.82, 2.24) is 0 Å². The first-order valence-corrected chi connectivity index (χ1v) is 6.82. The minimum absolute atomic E-state index is 0.142. The van der Waals surface area contributed by atoms with E-state index in [1.54, 1.807) is 0 Å². The van der Waals surface area contributed by atoms with Gasteiger partial charge < -0.3 is 9.47 Å². The zero-order chi connectivity index (χ0) is 11.1. The van der Waals surface area contributed by atoms with Crippen LogP contribution in [0.25, 0.3) is 0 Å². The second-order valence-corrected chi connectivity index (χ2v) is 5.75. The normalized spacial score (nSPS) is 16.3. The Kier molecular flexibility index (Phi) is 5.53. The second kappa shape index (κ2) is 6.71. The predicted molar refractivity (Wildman–Crippen MR) is 58.8 cm³/mol. The van der Waals surface area contributed by atoms with Crippen LogP contribution in [0.3, 0.4) is 0 Å². The Labute approximate surface area is 92.7 Å². The van der Waals surface area contributed by atoms with Gasteiger partial charge in [-0.15, -0.1) is 0 Å². The third-order valence-electron chi connectivity index (χ3n) is 2.23. The Morgan fingerprint density at radius 1 is 1.20 bits per heavy atom. The first-order chi connectivity index (χ1) is 7.22. The topological polar surface area (TPSA) is 52.6 Å². The van der Waals surface area contributed by atoms with Crippen molar-refractivity contribution in [2.75, 3.05) is 31.0 Å².